The summed E-state index contributed by atoms with van der Waals surface area (Å²) in [6.45, 7) is 2.08. The Bertz CT molecular complexity index is 338. The van der Waals surface area contributed by atoms with Gasteiger partial charge in [0.2, 0.25) is 0 Å². The molecule has 0 radical (unpaired) electrons. The molecule has 0 amide bonds. The van der Waals surface area contributed by atoms with E-state index in [9.17, 15) is 0 Å². The maximum atomic E-state index is 5.75. The van der Waals surface area contributed by atoms with Crippen LogP contribution in [0.3, 0.4) is 0 Å². The average Bonchev–Trinajstić information content (AvgIpc) is 2.68. The predicted molar refractivity (Wildman–Crippen MR) is 75.5 cm³/mol. The van der Waals surface area contributed by atoms with Gasteiger partial charge in [0.15, 0.2) is 0 Å². The van der Waals surface area contributed by atoms with E-state index < -0.39 is 0 Å². The van der Waals surface area contributed by atoms with E-state index in [0.29, 0.717) is 6.04 Å². The third-order valence-electron chi connectivity index (χ3n) is 2.84. The molecule has 0 aliphatic carbocycles. The van der Waals surface area contributed by atoms with Crippen molar-refractivity contribution in [2.75, 3.05) is 17.3 Å². The lowest BCUT2D eigenvalue weighted by Crippen LogP contribution is -2.15. The predicted octanol–water partition coefficient (Wildman–Crippen LogP) is 3.35. The first kappa shape index (κ1) is 12.3. The lowest BCUT2D eigenvalue weighted by Gasteiger charge is -2.10. The molecule has 2 unspecified atom stereocenters. The molecule has 0 saturated heterocycles. The second-order valence-electron chi connectivity index (χ2n) is 4.39. The standard InChI is InChI=1S/C13H19NS2/c1-10(14)6-7-15-8-11-9-16-13-5-3-2-4-12(11)13/h2-5,10-11H,6-9,14H2,1H3. The largest absolute Gasteiger partial charge is 0.328 e. The van der Waals surface area contributed by atoms with Gasteiger partial charge in [0.05, 0.1) is 0 Å². The van der Waals surface area contributed by atoms with E-state index in [1.54, 1.807) is 5.56 Å². The highest BCUT2D eigenvalue weighted by atomic mass is 32.2. The summed E-state index contributed by atoms with van der Waals surface area (Å²) in [4.78, 5) is 1.49. The summed E-state index contributed by atoms with van der Waals surface area (Å²) in [6.07, 6.45) is 1.13. The van der Waals surface area contributed by atoms with Crippen molar-refractivity contribution in [1.29, 1.82) is 0 Å². The Hall–Kier alpha value is -0.120. The molecule has 1 aromatic rings. The SMILES string of the molecule is CC(N)CCSCC1CSc2ccccc21. The van der Waals surface area contributed by atoms with Crippen LogP contribution < -0.4 is 5.73 Å². The first-order valence-electron chi connectivity index (χ1n) is 5.82. The fourth-order valence-corrected chi connectivity index (χ4v) is 4.55. The van der Waals surface area contributed by atoms with E-state index in [1.165, 1.54) is 22.2 Å². The molecular weight excluding hydrogens is 234 g/mol. The Morgan fingerprint density at radius 1 is 1.50 bits per heavy atom. The van der Waals surface area contributed by atoms with Crippen molar-refractivity contribution in [2.45, 2.75) is 30.2 Å². The third kappa shape index (κ3) is 3.19. The quantitative estimate of drug-likeness (QED) is 0.815. The van der Waals surface area contributed by atoms with Crippen molar-refractivity contribution in [3.63, 3.8) is 0 Å². The van der Waals surface area contributed by atoms with Crippen LogP contribution in [0.2, 0.25) is 0 Å². The number of fused-ring (bicyclic) bond motifs is 1. The second kappa shape index (κ2) is 5.99. The summed E-state index contributed by atoms with van der Waals surface area (Å²) in [5.41, 5.74) is 7.30. The highest BCUT2D eigenvalue weighted by Crippen LogP contribution is 2.40. The Balaban J connectivity index is 1.80. The van der Waals surface area contributed by atoms with Gasteiger partial charge in [-0.2, -0.15) is 11.8 Å². The van der Waals surface area contributed by atoms with Crippen LogP contribution in [0.25, 0.3) is 0 Å². The van der Waals surface area contributed by atoms with Crippen molar-refractivity contribution >= 4 is 23.5 Å². The number of benzene rings is 1. The fraction of sp³-hybridized carbons (Fsp3) is 0.538. The van der Waals surface area contributed by atoms with Crippen molar-refractivity contribution in [1.82, 2.24) is 0 Å². The fourth-order valence-electron chi connectivity index (χ4n) is 1.86. The maximum absolute atomic E-state index is 5.75. The Kier molecular flexibility index (Phi) is 4.62. The topological polar surface area (TPSA) is 26.0 Å². The van der Waals surface area contributed by atoms with E-state index in [2.05, 4.69) is 31.2 Å². The molecule has 0 fully saturated rings. The van der Waals surface area contributed by atoms with Crippen LogP contribution in [-0.4, -0.2) is 23.3 Å². The van der Waals surface area contributed by atoms with Gasteiger partial charge in [0, 0.05) is 28.4 Å². The molecule has 0 spiro atoms. The molecule has 2 rings (SSSR count). The molecule has 2 atom stereocenters. The zero-order valence-electron chi connectivity index (χ0n) is 9.69. The molecule has 0 aromatic heterocycles. The molecule has 16 heavy (non-hydrogen) atoms. The van der Waals surface area contributed by atoms with Crippen LogP contribution in [-0.2, 0) is 0 Å². The van der Waals surface area contributed by atoms with E-state index in [0.717, 1.165) is 12.3 Å². The Labute approximate surface area is 107 Å². The van der Waals surface area contributed by atoms with Crippen LogP contribution in [0.4, 0.5) is 0 Å². The molecule has 0 bridgehead atoms. The van der Waals surface area contributed by atoms with Gasteiger partial charge in [0.1, 0.15) is 0 Å². The van der Waals surface area contributed by atoms with E-state index in [1.807, 2.05) is 23.5 Å². The molecular formula is C13H19NS2. The summed E-state index contributed by atoms with van der Waals surface area (Å²) in [7, 11) is 0. The minimum Gasteiger partial charge on any atom is -0.328 e. The van der Waals surface area contributed by atoms with Crippen molar-refractivity contribution in [2.24, 2.45) is 5.73 Å². The summed E-state index contributed by atoms with van der Waals surface area (Å²) in [6, 6.07) is 9.17. The van der Waals surface area contributed by atoms with Crippen LogP contribution in [0, 0.1) is 0 Å². The Morgan fingerprint density at radius 3 is 3.12 bits per heavy atom. The monoisotopic (exact) mass is 253 g/mol. The number of hydrogen-bond donors (Lipinski definition) is 1. The van der Waals surface area contributed by atoms with Gasteiger partial charge >= 0.3 is 0 Å². The zero-order chi connectivity index (χ0) is 11.4. The van der Waals surface area contributed by atoms with Gasteiger partial charge in [0.25, 0.3) is 0 Å². The van der Waals surface area contributed by atoms with Crippen molar-refractivity contribution in [3.05, 3.63) is 29.8 Å². The summed E-state index contributed by atoms with van der Waals surface area (Å²) in [5.74, 6) is 4.45. The average molecular weight is 253 g/mol. The summed E-state index contributed by atoms with van der Waals surface area (Å²) < 4.78 is 0. The highest BCUT2D eigenvalue weighted by Gasteiger charge is 2.22. The molecule has 1 aromatic carbocycles. The van der Waals surface area contributed by atoms with Gasteiger partial charge in [-0.1, -0.05) is 18.2 Å². The molecule has 1 aliphatic rings. The smallest absolute Gasteiger partial charge is 0.0108 e. The molecule has 3 heteroatoms. The molecule has 0 saturated carbocycles. The van der Waals surface area contributed by atoms with Crippen LogP contribution in [0.1, 0.15) is 24.8 Å². The molecule has 1 heterocycles. The van der Waals surface area contributed by atoms with Crippen LogP contribution in [0.5, 0.6) is 0 Å². The number of thioether (sulfide) groups is 2. The van der Waals surface area contributed by atoms with Crippen LogP contribution >= 0.6 is 23.5 Å². The first-order chi connectivity index (χ1) is 7.77. The minimum atomic E-state index is 0.345. The van der Waals surface area contributed by atoms with Gasteiger partial charge in [-0.15, -0.1) is 11.8 Å². The summed E-state index contributed by atoms with van der Waals surface area (Å²) in [5, 5.41) is 0. The Morgan fingerprint density at radius 2 is 2.31 bits per heavy atom. The molecule has 88 valence electrons. The van der Waals surface area contributed by atoms with E-state index >= 15 is 0 Å². The van der Waals surface area contributed by atoms with Crippen molar-refractivity contribution < 1.29 is 0 Å². The first-order valence-corrected chi connectivity index (χ1v) is 7.96. The molecule has 2 N–H and O–H groups in total. The molecule has 1 nitrogen and oxygen atoms in total. The van der Waals surface area contributed by atoms with Gasteiger partial charge in [-0.3, -0.25) is 0 Å². The maximum Gasteiger partial charge on any atom is 0.0108 e. The lowest BCUT2D eigenvalue weighted by atomic mass is 10.0. The second-order valence-corrected chi connectivity index (χ2v) is 6.60. The van der Waals surface area contributed by atoms with E-state index in [-0.39, 0.29) is 0 Å². The van der Waals surface area contributed by atoms with Crippen LogP contribution in [0.15, 0.2) is 29.2 Å². The summed E-state index contributed by atoms with van der Waals surface area (Å²) >= 11 is 4.05. The van der Waals surface area contributed by atoms with Gasteiger partial charge < -0.3 is 5.73 Å². The highest BCUT2D eigenvalue weighted by molar-refractivity contribution is 8.00. The van der Waals surface area contributed by atoms with Gasteiger partial charge in [-0.05, 0) is 30.7 Å². The van der Waals surface area contributed by atoms with E-state index in [4.69, 9.17) is 5.73 Å². The number of rotatable bonds is 5. The zero-order valence-corrected chi connectivity index (χ0v) is 11.3. The normalized spacial score (nSPS) is 20.8. The van der Waals surface area contributed by atoms with Crippen molar-refractivity contribution in [3.8, 4) is 0 Å². The third-order valence-corrected chi connectivity index (χ3v) is 5.25. The number of hydrogen-bond acceptors (Lipinski definition) is 3. The van der Waals surface area contributed by atoms with Gasteiger partial charge in [-0.25, -0.2) is 0 Å². The number of nitrogens with two attached hydrogens (primary N) is 1. The molecule has 1 aliphatic heterocycles. The minimum absolute atomic E-state index is 0.345. The lowest BCUT2D eigenvalue weighted by molar-refractivity contribution is 0.720.